The van der Waals surface area contributed by atoms with Crippen LogP contribution in [0.2, 0.25) is 0 Å². The van der Waals surface area contributed by atoms with Gasteiger partial charge in [0.25, 0.3) is 0 Å². The fourth-order valence-electron chi connectivity index (χ4n) is 1.85. The van der Waals surface area contributed by atoms with Crippen LogP contribution in [0.5, 0.6) is 0 Å². The van der Waals surface area contributed by atoms with Gasteiger partial charge >= 0.3 is 0 Å². The van der Waals surface area contributed by atoms with Crippen LogP contribution in [-0.4, -0.2) is 4.98 Å². The van der Waals surface area contributed by atoms with Gasteiger partial charge in [0.15, 0.2) is 0 Å². The minimum absolute atomic E-state index is 0.0450. The SMILES string of the molecule is CC(C)(C)c1csc(CC(N)c2ccc(Br)cc2Br)n1. The molecule has 0 aliphatic rings. The molecule has 2 nitrogen and oxygen atoms in total. The Morgan fingerprint density at radius 1 is 1.30 bits per heavy atom. The third-order valence-corrected chi connectivity index (χ3v) is 5.13. The first-order chi connectivity index (χ1) is 9.27. The number of nitrogens with two attached hydrogens (primary N) is 1. The van der Waals surface area contributed by atoms with Gasteiger partial charge in [-0.1, -0.05) is 58.7 Å². The zero-order valence-electron chi connectivity index (χ0n) is 11.8. The molecule has 1 atom stereocenters. The van der Waals surface area contributed by atoms with Gasteiger partial charge in [-0.25, -0.2) is 4.98 Å². The van der Waals surface area contributed by atoms with Crippen molar-refractivity contribution in [2.45, 2.75) is 38.6 Å². The second kappa shape index (κ2) is 6.26. The van der Waals surface area contributed by atoms with Crippen LogP contribution in [0.3, 0.4) is 0 Å². The van der Waals surface area contributed by atoms with Gasteiger partial charge < -0.3 is 5.73 Å². The highest BCUT2D eigenvalue weighted by atomic mass is 79.9. The normalized spacial score (nSPS) is 13.5. The fourth-order valence-corrected chi connectivity index (χ4v) is 4.27. The minimum Gasteiger partial charge on any atom is -0.324 e. The average molecular weight is 418 g/mol. The number of aromatic nitrogens is 1. The summed E-state index contributed by atoms with van der Waals surface area (Å²) in [6.45, 7) is 6.53. The Morgan fingerprint density at radius 2 is 2.00 bits per heavy atom. The quantitative estimate of drug-likeness (QED) is 0.744. The largest absolute Gasteiger partial charge is 0.324 e. The molecule has 0 spiro atoms. The summed E-state index contributed by atoms with van der Waals surface area (Å²) >= 11 is 8.72. The summed E-state index contributed by atoms with van der Waals surface area (Å²) in [5, 5.41) is 3.23. The molecule has 0 aliphatic carbocycles. The molecule has 2 aromatic rings. The molecule has 1 aromatic heterocycles. The number of rotatable bonds is 3. The van der Waals surface area contributed by atoms with Gasteiger partial charge in [-0.05, 0) is 17.7 Å². The van der Waals surface area contributed by atoms with E-state index in [1.807, 2.05) is 12.1 Å². The maximum Gasteiger partial charge on any atom is 0.0947 e. The fraction of sp³-hybridized carbons (Fsp3) is 0.400. The maximum atomic E-state index is 6.32. The summed E-state index contributed by atoms with van der Waals surface area (Å²) in [6, 6.07) is 6.05. The van der Waals surface area contributed by atoms with Gasteiger partial charge in [0.05, 0.1) is 10.7 Å². The summed E-state index contributed by atoms with van der Waals surface area (Å²) in [4.78, 5) is 4.71. The van der Waals surface area contributed by atoms with Crippen LogP contribution >= 0.6 is 43.2 Å². The first kappa shape index (κ1) is 16.1. The van der Waals surface area contributed by atoms with Gasteiger partial charge in [0, 0.05) is 32.2 Å². The van der Waals surface area contributed by atoms with Crippen LogP contribution in [-0.2, 0) is 11.8 Å². The van der Waals surface area contributed by atoms with Crippen molar-refractivity contribution in [2.75, 3.05) is 0 Å². The average Bonchev–Trinajstić information content (AvgIpc) is 2.76. The van der Waals surface area contributed by atoms with Crippen LogP contribution in [0.15, 0.2) is 32.5 Å². The van der Waals surface area contributed by atoms with Gasteiger partial charge in [0.2, 0.25) is 0 Å². The third-order valence-electron chi connectivity index (χ3n) is 3.08. The van der Waals surface area contributed by atoms with Crippen LogP contribution in [0, 0.1) is 0 Å². The molecule has 2 rings (SSSR count). The zero-order valence-corrected chi connectivity index (χ0v) is 15.8. The Labute approximate surface area is 141 Å². The smallest absolute Gasteiger partial charge is 0.0947 e. The Bertz CT molecular complexity index is 602. The second-order valence-electron chi connectivity index (χ2n) is 5.85. The molecule has 1 aromatic carbocycles. The molecule has 5 heteroatoms. The molecule has 108 valence electrons. The molecule has 20 heavy (non-hydrogen) atoms. The number of thiazole rings is 1. The highest BCUT2D eigenvalue weighted by Gasteiger charge is 2.19. The molecule has 1 unspecified atom stereocenters. The van der Waals surface area contributed by atoms with Crippen molar-refractivity contribution in [3.63, 3.8) is 0 Å². The highest BCUT2D eigenvalue weighted by molar-refractivity contribution is 9.11. The Morgan fingerprint density at radius 3 is 2.55 bits per heavy atom. The van der Waals surface area contributed by atoms with E-state index in [0.717, 1.165) is 31.6 Å². The van der Waals surface area contributed by atoms with E-state index >= 15 is 0 Å². The van der Waals surface area contributed by atoms with Gasteiger partial charge in [-0.2, -0.15) is 0 Å². The van der Waals surface area contributed by atoms with Crippen LogP contribution < -0.4 is 5.73 Å². The minimum atomic E-state index is -0.0450. The summed E-state index contributed by atoms with van der Waals surface area (Å²) in [5.41, 5.74) is 8.66. The zero-order chi connectivity index (χ0) is 14.9. The van der Waals surface area contributed by atoms with E-state index in [1.165, 1.54) is 0 Å². The van der Waals surface area contributed by atoms with Crippen LogP contribution in [0.1, 0.15) is 43.1 Å². The highest BCUT2D eigenvalue weighted by Crippen LogP contribution is 2.30. The number of benzene rings is 1. The van der Waals surface area contributed by atoms with Crippen molar-refractivity contribution >= 4 is 43.2 Å². The number of hydrogen-bond donors (Lipinski definition) is 1. The molecule has 0 saturated heterocycles. The van der Waals surface area contributed by atoms with E-state index in [9.17, 15) is 0 Å². The first-order valence-corrected chi connectivity index (χ1v) is 8.89. The maximum absolute atomic E-state index is 6.32. The van der Waals surface area contributed by atoms with Gasteiger partial charge in [-0.15, -0.1) is 11.3 Å². The summed E-state index contributed by atoms with van der Waals surface area (Å²) in [6.07, 6.45) is 0.765. The second-order valence-corrected chi connectivity index (χ2v) is 8.57. The molecular weight excluding hydrogens is 400 g/mol. The summed E-state index contributed by atoms with van der Waals surface area (Å²) < 4.78 is 2.08. The molecule has 0 fully saturated rings. The number of hydrogen-bond acceptors (Lipinski definition) is 3. The predicted molar refractivity (Wildman–Crippen MR) is 93.3 cm³/mol. The third kappa shape index (κ3) is 3.91. The molecule has 0 radical (unpaired) electrons. The van der Waals surface area contributed by atoms with Crippen molar-refractivity contribution < 1.29 is 0 Å². The van der Waals surface area contributed by atoms with Gasteiger partial charge in [-0.3, -0.25) is 0 Å². The Kier molecular flexibility index (Phi) is 5.05. The molecule has 0 aliphatic heterocycles. The van der Waals surface area contributed by atoms with Crippen molar-refractivity contribution in [1.29, 1.82) is 0 Å². The van der Waals surface area contributed by atoms with E-state index < -0.39 is 0 Å². The predicted octanol–water partition coefficient (Wildman–Crippen LogP) is 5.21. The van der Waals surface area contributed by atoms with E-state index in [4.69, 9.17) is 10.7 Å². The standard InChI is InChI=1S/C15H18Br2N2S/c1-15(2,3)13-8-20-14(19-13)7-12(18)10-5-4-9(16)6-11(10)17/h4-6,8,12H,7,18H2,1-3H3. The Balaban J connectivity index is 2.15. The van der Waals surface area contributed by atoms with Crippen molar-refractivity contribution in [3.8, 4) is 0 Å². The van der Waals surface area contributed by atoms with Gasteiger partial charge in [0.1, 0.15) is 0 Å². The molecule has 0 bridgehead atoms. The summed E-state index contributed by atoms with van der Waals surface area (Å²) in [7, 11) is 0. The molecule has 2 N–H and O–H groups in total. The van der Waals surface area contributed by atoms with E-state index in [-0.39, 0.29) is 11.5 Å². The van der Waals surface area contributed by atoms with Crippen molar-refractivity contribution in [2.24, 2.45) is 5.73 Å². The van der Waals surface area contributed by atoms with E-state index in [2.05, 4.69) is 64.1 Å². The first-order valence-electron chi connectivity index (χ1n) is 6.43. The topological polar surface area (TPSA) is 38.9 Å². The lowest BCUT2D eigenvalue weighted by Crippen LogP contribution is -2.15. The number of halogens is 2. The van der Waals surface area contributed by atoms with E-state index in [1.54, 1.807) is 11.3 Å². The molecule has 1 heterocycles. The number of nitrogens with zero attached hydrogens (tertiary/aromatic N) is 1. The van der Waals surface area contributed by atoms with Crippen LogP contribution in [0.4, 0.5) is 0 Å². The lowest BCUT2D eigenvalue weighted by atomic mass is 9.93. The monoisotopic (exact) mass is 416 g/mol. The van der Waals surface area contributed by atoms with Crippen molar-refractivity contribution in [3.05, 3.63) is 48.8 Å². The van der Waals surface area contributed by atoms with Crippen molar-refractivity contribution in [1.82, 2.24) is 4.98 Å². The lowest BCUT2D eigenvalue weighted by molar-refractivity contribution is 0.569. The molecular formula is C15H18Br2N2S. The van der Waals surface area contributed by atoms with E-state index in [0.29, 0.717) is 0 Å². The summed E-state index contributed by atoms with van der Waals surface area (Å²) in [5.74, 6) is 0. The molecule has 0 saturated carbocycles. The molecule has 0 amide bonds. The Hall–Kier alpha value is -0.230. The lowest BCUT2D eigenvalue weighted by Gasteiger charge is -2.15. The van der Waals surface area contributed by atoms with Crippen LogP contribution in [0.25, 0.3) is 0 Å².